The van der Waals surface area contributed by atoms with Crippen LogP contribution in [0.4, 0.5) is 5.82 Å². The molecule has 0 aliphatic heterocycles. The number of benzene rings is 2. The fourth-order valence-corrected chi connectivity index (χ4v) is 3.40. The molecule has 2 heterocycles. The van der Waals surface area contributed by atoms with Crippen molar-refractivity contribution in [2.24, 2.45) is 0 Å². The van der Waals surface area contributed by atoms with Gasteiger partial charge in [0.1, 0.15) is 23.0 Å². The molecule has 0 spiro atoms. The van der Waals surface area contributed by atoms with Gasteiger partial charge in [0.25, 0.3) is 0 Å². The van der Waals surface area contributed by atoms with Crippen molar-refractivity contribution in [1.82, 2.24) is 4.98 Å². The van der Waals surface area contributed by atoms with Crippen LogP contribution in [0.1, 0.15) is 28.4 Å². The first kappa shape index (κ1) is 21.8. The van der Waals surface area contributed by atoms with Gasteiger partial charge in [0.05, 0.1) is 24.5 Å². The molecular formula is C26H23N3O4. The average molecular weight is 441 g/mol. The molecule has 2 aromatic carbocycles. The fourth-order valence-electron chi connectivity index (χ4n) is 3.40. The molecule has 0 saturated carbocycles. The van der Waals surface area contributed by atoms with Gasteiger partial charge in [-0.25, -0.2) is 9.78 Å². The van der Waals surface area contributed by atoms with Crippen molar-refractivity contribution in [2.45, 2.75) is 13.5 Å². The monoisotopic (exact) mass is 441 g/mol. The summed E-state index contributed by atoms with van der Waals surface area (Å²) in [6.07, 6.45) is 1.54. The van der Waals surface area contributed by atoms with Crippen LogP contribution in [0.15, 0.2) is 83.5 Å². The number of carbonyl (C=O) groups is 1. The molecule has 7 heteroatoms. The number of furan rings is 1. The summed E-state index contributed by atoms with van der Waals surface area (Å²) in [5, 5.41) is 11.5. The lowest BCUT2D eigenvalue weighted by atomic mass is 10.0. The summed E-state index contributed by atoms with van der Waals surface area (Å²) in [7, 11) is 1.31. The lowest BCUT2D eigenvalue weighted by Gasteiger charge is -2.16. The minimum absolute atomic E-state index is 0.192. The zero-order valence-corrected chi connectivity index (χ0v) is 18.3. The molecule has 0 bridgehead atoms. The molecular weight excluding hydrogens is 418 g/mol. The number of hydrogen-bond donors (Lipinski definition) is 2. The van der Waals surface area contributed by atoms with Crippen molar-refractivity contribution in [1.29, 1.82) is 5.41 Å². The lowest BCUT2D eigenvalue weighted by molar-refractivity contribution is 0.0600. The van der Waals surface area contributed by atoms with Crippen molar-refractivity contribution >= 4 is 17.5 Å². The molecule has 7 nitrogen and oxygen atoms in total. The van der Waals surface area contributed by atoms with Gasteiger partial charge in [-0.1, -0.05) is 30.3 Å². The minimum atomic E-state index is -0.548. The molecule has 0 amide bonds. The number of aromatic nitrogens is 1. The summed E-state index contributed by atoms with van der Waals surface area (Å²) in [5.74, 6) is 1.81. The Morgan fingerprint density at radius 3 is 2.52 bits per heavy atom. The topological polar surface area (TPSA) is 97.4 Å². The third kappa shape index (κ3) is 5.10. The zero-order chi connectivity index (χ0) is 23.2. The van der Waals surface area contributed by atoms with Crippen LogP contribution in [-0.4, -0.2) is 23.8 Å². The summed E-state index contributed by atoms with van der Waals surface area (Å²) in [6, 6.07) is 22.3. The number of pyridine rings is 1. The SMILES string of the molecule is COC(=O)c1cc(-c2ccco2)nc(NCc2cccc(Oc3ccccc3)c2)c1C(C)=N. The van der Waals surface area contributed by atoms with Gasteiger partial charge in [0.15, 0.2) is 5.76 Å². The van der Waals surface area contributed by atoms with E-state index in [-0.39, 0.29) is 11.3 Å². The second-order valence-corrected chi connectivity index (χ2v) is 7.29. The number of ether oxygens (including phenoxy) is 2. The first-order valence-electron chi connectivity index (χ1n) is 10.3. The Bertz CT molecular complexity index is 1270. The molecule has 4 aromatic rings. The largest absolute Gasteiger partial charge is 0.465 e. The summed E-state index contributed by atoms with van der Waals surface area (Å²) in [4.78, 5) is 17.1. The van der Waals surface area contributed by atoms with E-state index in [0.717, 1.165) is 11.3 Å². The molecule has 4 rings (SSSR count). The predicted molar refractivity (Wildman–Crippen MR) is 126 cm³/mol. The van der Waals surface area contributed by atoms with Gasteiger partial charge in [-0.2, -0.15) is 0 Å². The van der Waals surface area contributed by atoms with Gasteiger partial charge >= 0.3 is 5.97 Å². The second kappa shape index (κ2) is 9.82. The number of carbonyl (C=O) groups excluding carboxylic acids is 1. The molecule has 2 N–H and O–H groups in total. The molecule has 0 radical (unpaired) electrons. The Labute approximate surface area is 191 Å². The maximum Gasteiger partial charge on any atom is 0.338 e. The van der Waals surface area contributed by atoms with E-state index in [4.69, 9.17) is 19.3 Å². The molecule has 0 fully saturated rings. The maximum absolute atomic E-state index is 12.5. The molecule has 2 aromatic heterocycles. The van der Waals surface area contributed by atoms with E-state index >= 15 is 0 Å². The third-order valence-electron chi connectivity index (χ3n) is 4.91. The molecule has 166 valence electrons. The highest BCUT2D eigenvalue weighted by Gasteiger charge is 2.21. The van der Waals surface area contributed by atoms with Crippen molar-refractivity contribution in [2.75, 3.05) is 12.4 Å². The summed E-state index contributed by atoms with van der Waals surface area (Å²) >= 11 is 0. The number of esters is 1. The third-order valence-corrected chi connectivity index (χ3v) is 4.91. The van der Waals surface area contributed by atoms with Crippen molar-refractivity contribution in [3.8, 4) is 23.0 Å². The normalized spacial score (nSPS) is 10.5. The van der Waals surface area contributed by atoms with E-state index < -0.39 is 5.97 Å². The summed E-state index contributed by atoms with van der Waals surface area (Å²) in [5.41, 5.74) is 2.23. The second-order valence-electron chi connectivity index (χ2n) is 7.29. The minimum Gasteiger partial charge on any atom is -0.465 e. The molecule has 33 heavy (non-hydrogen) atoms. The summed E-state index contributed by atoms with van der Waals surface area (Å²) < 4.78 is 16.3. The van der Waals surface area contributed by atoms with Gasteiger partial charge in [-0.3, -0.25) is 0 Å². The van der Waals surface area contributed by atoms with Crippen molar-refractivity contribution < 1.29 is 18.7 Å². The van der Waals surface area contributed by atoms with Gasteiger partial charge in [0.2, 0.25) is 0 Å². The average Bonchev–Trinajstić information content (AvgIpc) is 3.37. The number of nitrogens with zero attached hydrogens (tertiary/aromatic N) is 1. The molecule has 0 unspecified atom stereocenters. The number of nitrogens with one attached hydrogen (secondary N) is 2. The first-order chi connectivity index (χ1) is 16.0. The maximum atomic E-state index is 12.5. The smallest absolute Gasteiger partial charge is 0.338 e. The number of para-hydroxylation sites is 1. The molecule has 0 aliphatic rings. The van der Waals surface area contributed by atoms with Gasteiger partial charge in [0, 0.05) is 12.3 Å². The number of anilines is 1. The van der Waals surface area contributed by atoms with E-state index in [2.05, 4.69) is 10.3 Å². The zero-order valence-electron chi connectivity index (χ0n) is 18.3. The van der Waals surface area contributed by atoms with Crippen LogP contribution in [0.2, 0.25) is 0 Å². The Morgan fingerprint density at radius 1 is 1.03 bits per heavy atom. The van der Waals surface area contributed by atoms with Crippen LogP contribution in [0.5, 0.6) is 11.5 Å². The first-order valence-corrected chi connectivity index (χ1v) is 10.3. The van der Waals surface area contributed by atoms with E-state index in [1.807, 2.05) is 54.6 Å². The van der Waals surface area contributed by atoms with Gasteiger partial charge in [-0.15, -0.1) is 0 Å². The van der Waals surface area contributed by atoms with Crippen LogP contribution in [0.25, 0.3) is 11.5 Å². The Kier molecular flexibility index (Phi) is 6.50. The standard InChI is InChI=1S/C26H23N3O4/c1-17(27)24-21(26(30)31-2)15-22(23-12-7-13-32-23)29-25(24)28-16-18-8-6-11-20(14-18)33-19-9-4-3-5-10-19/h3-15,27H,16H2,1-2H3,(H,28,29). The molecule has 0 saturated heterocycles. The highest BCUT2D eigenvalue weighted by Crippen LogP contribution is 2.28. The molecule has 0 aliphatic carbocycles. The predicted octanol–water partition coefficient (Wildman–Crippen LogP) is 5.92. The van der Waals surface area contributed by atoms with Crippen LogP contribution < -0.4 is 10.1 Å². The Morgan fingerprint density at radius 2 is 1.82 bits per heavy atom. The number of methoxy groups -OCH3 is 1. The van der Waals surface area contributed by atoms with Crippen LogP contribution >= 0.6 is 0 Å². The lowest BCUT2D eigenvalue weighted by Crippen LogP contribution is -2.15. The van der Waals surface area contributed by atoms with Crippen LogP contribution in [-0.2, 0) is 11.3 Å². The fraction of sp³-hybridized carbons (Fsp3) is 0.115. The van der Waals surface area contributed by atoms with Crippen LogP contribution in [0.3, 0.4) is 0 Å². The van der Waals surface area contributed by atoms with E-state index in [1.54, 1.807) is 25.1 Å². The highest BCUT2D eigenvalue weighted by molar-refractivity contribution is 6.10. The highest BCUT2D eigenvalue weighted by atomic mass is 16.5. The Balaban J connectivity index is 1.64. The van der Waals surface area contributed by atoms with E-state index in [9.17, 15) is 4.79 Å². The van der Waals surface area contributed by atoms with Crippen molar-refractivity contribution in [3.05, 3.63) is 95.7 Å². The van der Waals surface area contributed by atoms with Gasteiger partial charge in [-0.05, 0) is 55.0 Å². The Hall–Kier alpha value is -4.39. The van der Waals surface area contributed by atoms with Crippen LogP contribution in [0, 0.1) is 5.41 Å². The molecule has 0 atom stereocenters. The van der Waals surface area contributed by atoms with E-state index in [1.165, 1.54) is 13.4 Å². The summed E-state index contributed by atoms with van der Waals surface area (Å²) in [6.45, 7) is 2.01. The van der Waals surface area contributed by atoms with Crippen molar-refractivity contribution in [3.63, 3.8) is 0 Å². The van der Waals surface area contributed by atoms with E-state index in [0.29, 0.717) is 35.1 Å². The number of hydrogen-bond acceptors (Lipinski definition) is 7. The quantitative estimate of drug-likeness (QED) is 0.260. The number of rotatable bonds is 8. The van der Waals surface area contributed by atoms with Gasteiger partial charge < -0.3 is 24.6 Å².